The van der Waals surface area contributed by atoms with Crippen LogP contribution in [-0.4, -0.2) is 56.4 Å². The smallest absolute Gasteiger partial charge is 0.340 e. The third kappa shape index (κ3) is 4.35. The lowest BCUT2D eigenvalue weighted by Gasteiger charge is -2.23. The molecule has 9 heteroatoms. The first kappa shape index (κ1) is 17.6. The highest BCUT2D eigenvalue weighted by atomic mass is 35.5. The third-order valence-corrected chi connectivity index (χ3v) is 5.70. The first-order valence-electron chi connectivity index (χ1n) is 6.88. The zero-order valence-electron chi connectivity index (χ0n) is 12.5. The van der Waals surface area contributed by atoms with Gasteiger partial charge in [0.15, 0.2) is 16.4 Å². The molecule has 1 aliphatic heterocycles. The second-order valence-electron chi connectivity index (χ2n) is 5.37. The lowest BCUT2D eigenvalue weighted by Crippen LogP contribution is -2.40. The van der Waals surface area contributed by atoms with Gasteiger partial charge >= 0.3 is 5.97 Å². The van der Waals surface area contributed by atoms with E-state index >= 15 is 0 Å². The Morgan fingerprint density at radius 2 is 2.13 bits per heavy atom. The zero-order valence-corrected chi connectivity index (χ0v) is 14.1. The molecule has 0 aromatic heterocycles. The van der Waals surface area contributed by atoms with E-state index in [1.54, 1.807) is 0 Å². The summed E-state index contributed by atoms with van der Waals surface area (Å²) in [5.74, 6) is -1.20. The molecule has 0 saturated carbocycles. The Bertz CT molecular complexity index is 735. The zero-order chi connectivity index (χ0) is 17.2. The predicted molar refractivity (Wildman–Crippen MR) is 86.0 cm³/mol. The van der Waals surface area contributed by atoms with E-state index in [0.29, 0.717) is 11.4 Å². The molecule has 2 rings (SSSR count). The number of benzene rings is 1. The van der Waals surface area contributed by atoms with Crippen LogP contribution in [0.25, 0.3) is 0 Å². The molecule has 1 saturated heterocycles. The Hall–Kier alpha value is -1.80. The summed E-state index contributed by atoms with van der Waals surface area (Å²) in [4.78, 5) is 25.2. The number of ether oxygens (including phenoxy) is 1. The van der Waals surface area contributed by atoms with Gasteiger partial charge in [-0.25, -0.2) is 13.2 Å². The van der Waals surface area contributed by atoms with Crippen molar-refractivity contribution >= 4 is 39.0 Å². The number of rotatable bonds is 4. The van der Waals surface area contributed by atoms with Crippen LogP contribution in [0.4, 0.5) is 5.69 Å². The van der Waals surface area contributed by atoms with Crippen molar-refractivity contribution in [2.24, 2.45) is 0 Å². The number of hydrogen-bond donors (Lipinski definition) is 1. The second-order valence-corrected chi connectivity index (χ2v) is 8.03. The van der Waals surface area contributed by atoms with Crippen LogP contribution in [0.3, 0.4) is 0 Å². The first-order chi connectivity index (χ1) is 10.7. The number of sulfone groups is 1. The molecule has 1 aromatic carbocycles. The minimum atomic E-state index is -3.09. The number of nitrogens with two attached hydrogens (primary N) is 1. The normalized spacial score (nSPS) is 19.3. The van der Waals surface area contributed by atoms with Gasteiger partial charge in [-0.05, 0) is 24.6 Å². The van der Waals surface area contributed by atoms with E-state index in [1.807, 2.05) is 0 Å². The number of nitrogen functional groups attached to an aromatic ring is 1. The summed E-state index contributed by atoms with van der Waals surface area (Å²) in [6.07, 6.45) is 0.392. The van der Waals surface area contributed by atoms with Crippen LogP contribution in [0.2, 0.25) is 5.02 Å². The summed E-state index contributed by atoms with van der Waals surface area (Å²) in [7, 11) is -1.59. The number of amides is 1. The van der Waals surface area contributed by atoms with E-state index in [2.05, 4.69) is 0 Å². The molecular formula is C14H17ClN2O5S. The number of likely N-dealkylation sites (N-methyl/N-ethyl adjacent to an activating group) is 1. The average molecular weight is 361 g/mol. The fraction of sp³-hybridized carbons (Fsp3) is 0.429. The highest BCUT2D eigenvalue weighted by Crippen LogP contribution is 2.19. The Morgan fingerprint density at radius 3 is 2.70 bits per heavy atom. The fourth-order valence-electron chi connectivity index (χ4n) is 2.31. The van der Waals surface area contributed by atoms with Crippen molar-refractivity contribution in [1.29, 1.82) is 0 Å². The van der Waals surface area contributed by atoms with Gasteiger partial charge in [-0.3, -0.25) is 4.79 Å². The van der Waals surface area contributed by atoms with Gasteiger partial charge in [-0.1, -0.05) is 11.6 Å². The SMILES string of the molecule is CN(C(=O)COC(=O)c1ccc(Cl)cc1N)C1CCS(=O)(=O)C1. The van der Waals surface area contributed by atoms with Crippen LogP contribution in [0.1, 0.15) is 16.8 Å². The number of carbonyl (C=O) groups is 2. The molecule has 1 aromatic rings. The summed E-state index contributed by atoms with van der Waals surface area (Å²) in [5, 5.41) is 0.386. The summed E-state index contributed by atoms with van der Waals surface area (Å²) in [6, 6.07) is 3.94. The van der Waals surface area contributed by atoms with Crippen LogP contribution in [0.15, 0.2) is 18.2 Å². The van der Waals surface area contributed by atoms with Crippen molar-refractivity contribution in [2.75, 3.05) is 30.9 Å². The first-order valence-corrected chi connectivity index (χ1v) is 9.08. The second kappa shape index (κ2) is 6.76. The summed E-state index contributed by atoms with van der Waals surface area (Å²) >= 11 is 5.74. The highest BCUT2D eigenvalue weighted by Gasteiger charge is 2.33. The lowest BCUT2D eigenvalue weighted by molar-refractivity contribution is -0.134. The monoisotopic (exact) mass is 360 g/mol. The molecule has 1 atom stereocenters. The van der Waals surface area contributed by atoms with Gasteiger partial charge in [-0.15, -0.1) is 0 Å². The number of carbonyl (C=O) groups excluding carboxylic acids is 2. The summed E-state index contributed by atoms with van der Waals surface area (Å²) < 4.78 is 27.8. The molecule has 1 aliphatic rings. The lowest BCUT2D eigenvalue weighted by atomic mass is 10.2. The molecule has 0 radical (unpaired) electrons. The Labute approximate surface area is 139 Å². The van der Waals surface area contributed by atoms with Crippen molar-refractivity contribution in [3.05, 3.63) is 28.8 Å². The summed E-state index contributed by atoms with van der Waals surface area (Å²) in [5.41, 5.74) is 5.95. The van der Waals surface area contributed by atoms with Gasteiger partial charge in [0, 0.05) is 23.8 Å². The molecular weight excluding hydrogens is 344 g/mol. The van der Waals surface area contributed by atoms with E-state index < -0.39 is 28.3 Å². The van der Waals surface area contributed by atoms with Crippen molar-refractivity contribution in [1.82, 2.24) is 4.90 Å². The van der Waals surface area contributed by atoms with Crippen LogP contribution >= 0.6 is 11.6 Å². The molecule has 7 nitrogen and oxygen atoms in total. The van der Waals surface area contributed by atoms with Crippen LogP contribution in [0.5, 0.6) is 0 Å². The minimum Gasteiger partial charge on any atom is -0.452 e. The number of hydrogen-bond acceptors (Lipinski definition) is 6. The fourth-order valence-corrected chi connectivity index (χ4v) is 4.27. The number of esters is 1. The van der Waals surface area contributed by atoms with E-state index in [9.17, 15) is 18.0 Å². The topological polar surface area (TPSA) is 107 Å². The van der Waals surface area contributed by atoms with Crippen LogP contribution in [-0.2, 0) is 19.4 Å². The van der Waals surface area contributed by atoms with Gasteiger partial charge in [0.1, 0.15) is 0 Å². The maximum atomic E-state index is 12.0. The van der Waals surface area contributed by atoms with Crippen molar-refractivity contribution in [3.63, 3.8) is 0 Å². The molecule has 1 unspecified atom stereocenters. The summed E-state index contributed by atoms with van der Waals surface area (Å²) in [6.45, 7) is -0.478. The maximum absolute atomic E-state index is 12.0. The standard InChI is InChI=1S/C14H17ClN2O5S/c1-17(10-4-5-23(20,21)8-10)13(18)7-22-14(19)11-3-2-9(15)6-12(11)16/h2-3,6,10H,4-5,7-8,16H2,1H3. The molecule has 2 N–H and O–H groups in total. The van der Waals surface area contributed by atoms with Crippen molar-refractivity contribution in [2.45, 2.75) is 12.5 Å². The quantitative estimate of drug-likeness (QED) is 0.626. The molecule has 0 aliphatic carbocycles. The Balaban J connectivity index is 1.92. The van der Waals surface area contributed by atoms with Gasteiger partial charge in [0.25, 0.3) is 5.91 Å². The maximum Gasteiger partial charge on any atom is 0.340 e. The van der Waals surface area contributed by atoms with Crippen molar-refractivity contribution < 1.29 is 22.7 Å². The average Bonchev–Trinajstić information content (AvgIpc) is 2.83. The predicted octanol–water partition coefficient (Wildman–Crippen LogP) is 0.725. The van der Waals surface area contributed by atoms with Crippen LogP contribution < -0.4 is 5.73 Å². The minimum absolute atomic E-state index is 0.0622. The van der Waals surface area contributed by atoms with Gasteiger partial charge in [0.05, 0.1) is 17.1 Å². The molecule has 0 spiro atoms. The molecule has 126 valence electrons. The number of anilines is 1. The highest BCUT2D eigenvalue weighted by molar-refractivity contribution is 7.91. The number of halogens is 1. The van der Waals surface area contributed by atoms with Gasteiger partial charge in [-0.2, -0.15) is 0 Å². The molecule has 0 bridgehead atoms. The van der Waals surface area contributed by atoms with E-state index in [1.165, 1.54) is 30.1 Å². The Kier molecular flexibility index (Phi) is 5.16. The van der Waals surface area contributed by atoms with Crippen LogP contribution in [0, 0.1) is 0 Å². The number of nitrogens with zero attached hydrogens (tertiary/aromatic N) is 1. The molecule has 1 fully saturated rings. The van der Waals surface area contributed by atoms with Crippen molar-refractivity contribution in [3.8, 4) is 0 Å². The third-order valence-electron chi connectivity index (χ3n) is 3.71. The van der Waals surface area contributed by atoms with E-state index in [0.717, 1.165) is 0 Å². The van der Waals surface area contributed by atoms with Gasteiger partial charge < -0.3 is 15.4 Å². The largest absolute Gasteiger partial charge is 0.452 e. The molecule has 1 heterocycles. The van der Waals surface area contributed by atoms with Gasteiger partial charge in [0.2, 0.25) is 0 Å². The van der Waals surface area contributed by atoms with E-state index in [-0.39, 0.29) is 28.8 Å². The van der Waals surface area contributed by atoms with E-state index in [4.69, 9.17) is 22.1 Å². The molecule has 23 heavy (non-hydrogen) atoms. The molecule has 1 amide bonds. The Morgan fingerprint density at radius 1 is 1.43 bits per heavy atom.